The first-order valence-corrected chi connectivity index (χ1v) is 9.68. The van der Waals surface area contributed by atoms with E-state index in [4.69, 9.17) is 4.74 Å². The van der Waals surface area contributed by atoms with Crippen LogP contribution in [0.2, 0.25) is 0 Å². The largest absolute Gasteiger partial charge is 0.493 e. The van der Waals surface area contributed by atoms with E-state index in [0.717, 1.165) is 24.3 Å². The number of rotatable bonds is 6. The Kier molecular flexibility index (Phi) is 5.21. The summed E-state index contributed by atoms with van der Waals surface area (Å²) in [6.45, 7) is 5.21. The first kappa shape index (κ1) is 17.7. The number of benzene rings is 2. The van der Waals surface area contributed by atoms with E-state index in [1.165, 1.54) is 19.4 Å². The van der Waals surface area contributed by atoms with Crippen LogP contribution in [0.15, 0.2) is 53.3 Å². The number of aromatic amines is 1. The zero-order chi connectivity index (χ0) is 18.6. The molecule has 0 aliphatic carbocycles. The number of hydrogen-bond donors (Lipinski definition) is 1. The normalized spacial score (nSPS) is 17.4. The molecule has 1 aromatic heterocycles. The highest BCUT2D eigenvalue weighted by atomic mass is 16.5. The number of hydrogen-bond acceptors (Lipinski definition) is 4. The van der Waals surface area contributed by atoms with Crippen LogP contribution in [-0.2, 0) is 0 Å². The third-order valence-corrected chi connectivity index (χ3v) is 5.29. The molecule has 0 spiro atoms. The zero-order valence-electron chi connectivity index (χ0n) is 15.6. The van der Waals surface area contributed by atoms with Crippen LogP contribution < -0.4 is 10.3 Å². The second-order valence-electron chi connectivity index (χ2n) is 7.16. The topological polar surface area (TPSA) is 58.2 Å². The summed E-state index contributed by atoms with van der Waals surface area (Å²) in [4.78, 5) is 22.4. The summed E-state index contributed by atoms with van der Waals surface area (Å²) in [7, 11) is 0. The molecule has 1 saturated heterocycles. The molecule has 27 heavy (non-hydrogen) atoms. The number of fused-ring (bicyclic) bond motifs is 1. The average molecular weight is 363 g/mol. The Morgan fingerprint density at radius 1 is 1.19 bits per heavy atom. The highest BCUT2D eigenvalue weighted by Gasteiger charge is 2.19. The van der Waals surface area contributed by atoms with Crippen molar-refractivity contribution in [1.29, 1.82) is 0 Å². The molecule has 1 N–H and O–H groups in total. The predicted octanol–water partition coefficient (Wildman–Crippen LogP) is 3.84. The van der Waals surface area contributed by atoms with Crippen molar-refractivity contribution in [3.05, 3.63) is 58.9 Å². The Balaban J connectivity index is 1.50. The first-order valence-electron chi connectivity index (χ1n) is 9.68. The fraction of sp³-hybridized carbons (Fsp3) is 0.364. The van der Waals surface area contributed by atoms with Crippen molar-refractivity contribution in [2.24, 2.45) is 0 Å². The summed E-state index contributed by atoms with van der Waals surface area (Å²) >= 11 is 0. The molecule has 0 saturated carbocycles. The lowest BCUT2D eigenvalue weighted by Gasteiger charge is -2.20. The summed E-state index contributed by atoms with van der Waals surface area (Å²) in [5.74, 6) is 1.30. The third kappa shape index (κ3) is 3.88. The Labute approximate surface area is 159 Å². The van der Waals surface area contributed by atoms with Gasteiger partial charge in [0, 0.05) is 12.6 Å². The molecule has 1 atom stereocenters. The maximum atomic E-state index is 12.4. The third-order valence-electron chi connectivity index (χ3n) is 5.29. The highest BCUT2D eigenvalue weighted by molar-refractivity contribution is 5.80. The van der Waals surface area contributed by atoms with E-state index in [2.05, 4.69) is 21.8 Å². The van der Waals surface area contributed by atoms with Gasteiger partial charge in [0.25, 0.3) is 5.56 Å². The Bertz CT molecular complexity index is 982. The van der Waals surface area contributed by atoms with E-state index in [0.29, 0.717) is 29.4 Å². The van der Waals surface area contributed by atoms with Gasteiger partial charge in [-0.25, -0.2) is 4.98 Å². The molecule has 1 aliphatic rings. The number of likely N-dealkylation sites (tertiary alicyclic amines) is 1. The predicted molar refractivity (Wildman–Crippen MR) is 108 cm³/mol. The zero-order valence-corrected chi connectivity index (χ0v) is 15.6. The lowest BCUT2D eigenvalue weighted by Crippen LogP contribution is -2.28. The first-order chi connectivity index (χ1) is 13.2. The van der Waals surface area contributed by atoms with Gasteiger partial charge in [0.1, 0.15) is 11.6 Å². The van der Waals surface area contributed by atoms with Gasteiger partial charge < -0.3 is 14.6 Å². The number of nitrogens with zero attached hydrogens (tertiary/aromatic N) is 2. The van der Waals surface area contributed by atoms with E-state index in [9.17, 15) is 4.79 Å². The molecule has 0 bridgehead atoms. The van der Waals surface area contributed by atoms with Crippen molar-refractivity contribution < 1.29 is 4.74 Å². The van der Waals surface area contributed by atoms with Crippen LogP contribution in [0.4, 0.5) is 0 Å². The van der Waals surface area contributed by atoms with Crippen LogP contribution in [0.1, 0.15) is 26.2 Å². The van der Waals surface area contributed by atoms with Crippen molar-refractivity contribution in [1.82, 2.24) is 14.9 Å². The number of para-hydroxylation sites is 2. The summed E-state index contributed by atoms with van der Waals surface area (Å²) in [5.41, 5.74) is 1.37. The van der Waals surface area contributed by atoms with Crippen molar-refractivity contribution in [3.63, 3.8) is 0 Å². The standard InChI is InChI=1S/C22H25N3O2/c1-16-8-6-13-25(16)14-7-15-27-20-12-5-3-10-18(20)21-23-19-11-4-2-9-17(19)22(26)24-21/h2-5,9-12,16H,6-8,13-15H2,1H3,(H,23,24,26)/t16-/m1/s1. The van der Waals surface area contributed by atoms with Crippen molar-refractivity contribution in [3.8, 4) is 17.1 Å². The number of ether oxygens (including phenoxy) is 1. The SMILES string of the molecule is C[C@@H]1CCCN1CCCOc1ccccc1-c1nc2ccccc2c(=O)[nH]1. The second kappa shape index (κ2) is 7.92. The van der Waals surface area contributed by atoms with E-state index in [-0.39, 0.29) is 5.56 Å². The molecule has 3 aromatic rings. The van der Waals surface area contributed by atoms with E-state index < -0.39 is 0 Å². The average Bonchev–Trinajstić information content (AvgIpc) is 3.10. The fourth-order valence-electron chi connectivity index (χ4n) is 3.78. The van der Waals surface area contributed by atoms with Crippen molar-refractivity contribution in [2.45, 2.75) is 32.2 Å². The lowest BCUT2D eigenvalue weighted by molar-refractivity contribution is 0.230. The summed E-state index contributed by atoms with van der Waals surface area (Å²) in [6, 6.07) is 15.8. The van der Waals surface area contributed by atoms with Crippen molar-refractivity contribution in [2.75, 3.05) is 19.7 Å². The number of aromatic nitrogens is 2. The molecule has 1 fully saturated rings. The van der Waals surface area contributed by atoms with Crippen LogP contribution in [0, 0.1) is 0 Å². The molecule has 140 valence electrons. The summed E-state index contributed by atoms with van der Waals surface area (Å²) < 4.78 is 6.05. The molecule has 2 aromatic carbocycles. The monoisotopic (exact) mass is 363 g/mol. The Hall–Kier alpha value is -2.66. The van der Waals surface area contributed by atoms with Gasteiger partial charge >= 0.3 is 0 Å². The van der Waals surface area contributed by atoms with Gasteiger partial charge in [-0.15, -0.1) is 0 Å². The molecule has 0 radical (unpaired) electrons. The molecule has 5 nitrogen and oxygen atoms in total. The van der Waals surface area contributed by atoms with Crippen LogP contribution in [-0.4, -0.2) is 40.6 Å². The van der Waals surface area contributed by atoms with Crippen LogP contribution >= 0.6 is 0 Å². The minimum absolute atomic E-state index is 0.131. The van der Waals surface area contributed by atoms with E-state index >= 15 is 0 Å². The summed E-state index contributed by atoms with van der Waals surface area (Å²) in [5, 5.41) is 0.597. The van der Waals surface area contributed by atoms with E-state index in [1.807, 2.05) is 42.5 Å². The van der Waals surface area contributed by atoms with Gasteiger partial charge in [0.05, 0.1) is 23.1 Å². The maximum absolute atomic E-state index is 12.4. The number of H-pyrrole nitrogens is 1. The van der Waals surface area contributed by atoms with Gasteiger partial charge in [-0.3, -0.25) is 4.79 Å². The molecule has 5 heteroatoms. The summed E-state index contributed by atoms with van der Waals surface area (Å²) in [6.07, 6.45) is 3.58. The fourth-order valence-corrected chi connectivity index (χ4v) is 3.78. The Morgan fingerprint density at radius 2 is 2.00 bits per heavy atom. The quantitative estimate of drug-likeness (QED) is 0.676. The minimum atomic E-state index is -0.131. The molecule has 0 unspecified atom stereocenters. The molecule has 4 rings (SSSR count). The second-order valence-corrected chi connectivity index (χ2v) is 7.16. The lowest BCUT2D eigenvalue weighted by atomic mass is 10.1. The molecular weight excluding hydrogens is 338 g/mol. The van der Waals surface area contributed by atoms with Crippen LogP contribution in [0.3, 0.4) is 0 Å². The van der Waals surface area contributed by atoms with Crippen LogP contribution in [0.25, 0.3) is 22.3 Å². The van der Waals surface area contributed by atoms with Crippen LogP contribution in [0.5, 0.6) is 5.75 Å². The minimum Gasteiger partial charge on any atom is -0.493 e. The van der Waals surface area contributed by atoms with Gasteiger partial charge in [0.2, 0.25) is 0 Å². The maximum Gasteiger partial charge on any atom is 0.259 e. The van der Waals surface area contributed by atoms with Crippen molar-refractivity contribution >= 4 is 10.9 Å². The molecule has 1 aliphatic heterocycles. The molecule has 0 amide bonds. The van der Waals surface area contributed by atoms with E-state index in [1.54, 1.807) is 6.07 Å². The van der Waals surface area contributed by atoms with Gasteiger partial charge in [-0.2, -0.15) is 0 Å². The number of nitrogens with one attached hydrogen (secondary N) is 1. The Morgan fingerprint density at radius 3 is 2.85 bits per heavy atom. The molecular formula is C22H25N3O2. The van der Waals surface area contributed by atoms with Gasteiger partial charge in [-0.1, -0.05) is 24.3 Å². The van der Waals surface area contributed by atoms with Gasteiger partial charge in [-0.05, 0) is 57.0 Å². The van der Waals surface area contributed by atoms with Gasteiger partial charge in [0.15, 0.2) is 0 Å². The smallest absolute Gasteiger partial charge is 0.259 e. The highest BCUT2D eigenvalue weighted by Crippen LogP contribution is 2.27. The molecule has 2 heterocycles.